The van der Waals surface area contributed by atoms with Gasteiger partial charge in [0.1, 0.15) is 12.3 Å². The molecule has 1 heterocycles. The minimum absolute atomic E-state index is 0.0317. The fraction of sp³-hybridized carbons (Fsp3) is 0.769. The van der Waals surface area contributed by atoms with E-state index in [9.17, 15) is 14.4 Å². The first-order valence-electron chi connectivity index (χ1n) is 7.27. The van der Waals surface area contributed by atoms with E-state index >= 15 is 0 Å². The van der Waals surface area contributed by atoms with E-state index in [1.54, 1.807) is 14.1 Å². The molecule has 1 saturated heterocycles. The minimum atomic E-state index is -0.658. The quantitative estimate of drug-likeness (QED) is 0.589. The first kappa shape index (κ1) is 17.9. The molecule has 2 atom stereocenters. The van der Waals surface area contributed by atoms with Crippen LogP contribution in [-0.4, -0.2) is 66.4 Å². The first-order chi connectivity index (χ1) is 10.1. The molecule has 0 aromatic carbocycles. The van der Waals surface area contributed by atoms with Gasteiger partial charge < -0.3 is 31.1 Å². The summed E-state index contributed by atoms with van der Waals surface area (Å²) in [5.41, 5.74) is 0. The lowest BCUT2D eigenvalue weighted by Gasteiger charge is -2.27. The summed E-state index contributed by atoms with van der Waals surface area (Å²) in [6, 6.07) is -1.15. The topological polar surface area (TPSA) is 106 Å². The Kier molecular flexibility index (Phi) is 5.84. The molecular formula is C13H26N6O3. The smallest absolute Gasteiger partial charge is 0.323 e. The van der Waals surface area contributed by atoms with Crippen LogP contribution in [0.15, 0.2) is 0 Å². The van der Waals surface area contributed by atoms with Crippen LogP contribution in [0.4, 0.5) is 14.4 Å². The standard InChI is InChI=1S/C13H26N6O3/c1-7(2)14-11(20)16-9-10(17-12(21)15-8(3)4)19(6)13(22)18(9)5/h7-10H,1-6H3,(H2,14,16,20)(H2,15,17,21)/t9-,10-/m1/s1. The maximum Gasteiger partial charge on any atom is 0.323 e. The van der Waals surface area contributed by atoms with Crippen LogP contribution < -0.4 is 21.3 Å². The van der Waals surface area contributed by atoms with Gasteiger partial charge in [0.2, 0.25) is 0 Å². The number of hydrogen-bond acceptors (Lipinski definition) is 3. The largest absolute Gasteiger partial charge is 0.336 e. The van der Waals surface area contributed by atoms with Gasteiger partial charge in [-0.15, -0.1) is 0 Å². The molecule has 0 bridgehead atoms. The Morgan fingerprint density at radius 1 is 0.864 bits per heavy atom. The van der Waals surface area contributed by atoms with E-state index in [4.69, 9.17) is 0 Å². The Labute approximate surface area is 130 Å². The second kappa shape index (κ2) is 7.19. The summed E-state index contributed by atoms with van der Waals surface area (Å²) in [6.07, 6.45) is -1.32. The van der Waals surface area contributed by atoms with Crippen LogP contribution in [0.3, 0.4) is 0 Å². The number of likely N-dealkylation sites (N-methyl/N-ethyl adjacent to an activating group) is 2. The molecule has 1 rings (SSSR count). The molecule has 6 amide bonds. The van der Waals surface area contributed by atoms with Crippen molar-refractivity contribution in [3.05, 3.63) is 0 Å². The Morgan fingerprint density at radius 2 is 1.18 bits per heavy atom. The number of amides is 6. The zero-order chi connectivity index (χ0) is 17.0. The molecular weight excluding hydrogens is 288 g/mol. The predicted octanol–water partition coefficient (Wildman–Crippen LogP) is 0.0510. The Morgan fingerprint density at radius 3 is 1.45 bits per heavy atom. The fourth-order valence-corrected chi connectivity index (χ4v) is 2.14. The molecule has 22 heavy (non-hydrogen) atoms. The summed E-state index contributed by atoms with van der Waals surface area (Å²) in [4.78, 5) is 38.5. The van der Waals surface area contributed by atoms with Crippen molar-refractivity contribution in [1.82, 2.24) is 31.1 Å². The van der Waals surface area contributed by atoms with Crippen molar-refractivity contribution in [2.75, 3.05) is 14.1 Å². The molecule has 1 aliphatic heterocycles. The molecule has 0 unspecified atom stereocenters. The fourth-order valence-electron chi connectivity index (χ4n) is 2.14. The van der Waals surface area contributed by atoms with Crippen molar-refractivity contribution in [2.24, 2.45) is 0 Å². The van der Waals surface area contributed by atoms with E-state index in [-0.39, 0.29) is 18.1 Å². The van der Waals surface area contributed by atoms with Gasteiger partial charge in [-0.05, 0) is 27.7 Å². The van der Waals surface area contributed by atoms with Crippen molar-refractivity contribution >= 4 is 18.1 Å². The van der Waals surface area contributed by atoms with Crippen LogP contribution in [0.2, 0.25) is 0 Å². The highest BCUT2D eigenvalue weighted by Crippen LogP contribution is 2.16. The summed E-state index contributed by atoms with van der Waals surface area (Å²) >= 11 is 0. The van der Waals surface area contributed by atoms with E-state index in [1.807, 2.05) is 27.7 Å². The Hall–Kier alpha value is -2.19. The number of carbonyl (C=O) groups is 3. The molecule has 1 aliphatic rings. The van der Waals surface area contributed by atoms with Crippen LogP contribution in [-0.2, 0) is 0 Å². The molecule has 126 valence electrons. The SMILES string of the molecule is CC(C)NC(=O)N[C@H]1[C@H](NC(=O)NC(C)C)N(C)C(=O)N1C. The summed E-state index contributed by atoms with van der Waals surface area (Å²) in [7, 11) is 3.14. The average Bonchev–Trinajstić information content (AvgIpc) is 2.54. The van der Waals surface area contributed by atoms with Gasteiger partial charge in [-0.1, -0.05) is 0 Å². The summed E-state index contributed by atoms with van der Waals surface area (Å²) in [6.45, 7) is 7.34. The van der Waals surface area contributed by atoms with Crippen LogP contribution in [0, 0.1) is 0 Å². The number of carbonyl (C=O) groups excluding carboxylic acids is 3. The molecule has 9 heteroatoms. The van der Waals surface area contributed by atoms with Crippen LogP contribution in [0.25, 0.3) is 0 Å². The zero-order valence-electron chi connectivity index (χ0n) is 13.9. The van der Waals surface area contributed by atoms with Gasteiger partial charge in [0, 0.05) is 26.2 Å². The third-order valence-electron chi connectivity index (χ3n) is 3.13. The van der Waals surface area contributed by atoms with Gasteiger partial charge >= 0.3 is 18.1 Å². The van der Waals surface area contributed by atoms with Crippen LogP contribution in [0.1, 0.15) is 27.7 Å². The highest BCUT2D eigenvalue weighted by Gasteiger charge is 2.43. The highest BCUT2D eigenvalue weighted by atomic mass is 16.2. The molecule has 9 nitrogen and oxygen atoms in total. The van der Waals surface area contributed by atoms with Crippen molar-refractivity contribution in [1.29, 1.82) is 0 Å². The van der Waals surface area contributed by atoms with Crippen molar-refractivity contribution in [3.8, 4) is 0 Å². The third kappa shape index (κ3) is 4.40. The maximum absolute atomic E-state index is 12.0. The lowest BCUT2D eigenvalue weighted by Crippen LogP contribution is -2.60. The van der Waals surface area contributed by atoms with Gasteiger partial charge in [0.25, 0.3) is 0 Å². The van der Waals surface area contributed by atoms with E-state index < -0.39 is 24.4 Å². The lowest BCUT2D eigenvalue weighted by molar-refractivity contribution is 0.192. The third-order valence-corrected chi connectivity index (χ3v) is 3.13. The molecule has 0 aromatic heterocycles. The van der Waals surface area contributed by atoms with E-state index in [2.05, 4.69) is 21.3 Å². The number of rotatable bonds is 4. The maximum atomic E-state index is 12.0. The first-order valence-corrected chi connectivity index (χ1v) is 7.27. The average molecular weight is 314 g/mol. The Bertz CT molecular complexity index is 401. The van der Waals surface area contributed by atoms with Crippen molar-refractivity contribution in [2.45, 2.75) is 52.1 Å². The van der Waals surface area contributed by atoms with Crippen LogP contribution in [0.5, 0.6) is 0 Å². The minimum Gasteiger partial charge on any atom is -0.336 e. The number of nitrogens with zero attached hydrogens (tertiary/aromatic N) is 2. The second-order valence-electron chi connectivity index (χ2n) is 5.94. The normalized spacial score (nSPS) is 21.4. The van der Waals surface area contributed by atoms with Gasteiger partial charge in [0.15, 0.2) is 0 Å². The second-order valence-corrected chi connectivity index (χ2v) is 5.94. The molecule has 0 aliphatic carbocycles. The van der Waals surface area contributed by atoms with Gasteiger partial charge in [-0.3, -0.25) is 0 Å². The molecule has 0 saturated carbocycles. The van der Waals surface area contributed by atoms with Crippen molar-refractivity contribution < 1.29 is 14.4 Å². The lowest BCUT2D eigenvalue weighted by atomic mass is 10.3. The van der Waals surface area contributed by atoms with Crippen LogP contribution >= 0.6 is 0 Å². The molecule has 0 spiro atoms. The summed E-state index contributed by atoms with van der Waals surface area (Å²) in [5.74, 6) is 0. The van der Waals surface area contributed by atoms with Gasteiger partial charge in [-0.2, -0.15) is 0 Å². The summed E-state index contributed by atoms with van der Waals surface area (Å²) in [5, 5.41) is 10.8. The molecule has 0 radical (unpaired) electrons. The molecule has 1 fully saturated rings. The monoisotopic (exact) mass is 314 g/mol. The highest BCUT2D eigenvalue weighted by molar-refractivity contribution is 5.82. The number of urea groups is 3. The zero-order valence-corrected chi connectivity index (χ0v) is 13.9. The van der Waals surface area contributed by atoms with Crippen molar-refractivity contribution in [3.63, 3.8) is 0 Å². The summed E-state index contributed by atoms with van der Waals surface area (Å²) < 4.78 is 0. The van der Waals surface area contributed by atoms with Gasteiger partial charge in [-0.25, -0.2) is 14.4 Å². The van der Waals surface area contributed by atoms with E-state index in [0.29, 0.717) is 0 Å². The number of hydrogen-bond donors (Lipinski definition) is 4. The van der Waals surface area contributed by atoms with E-state index in [1.165, 1.54) is 9.80 Å². The molecule has 4 N–H and O–H groups in total. The Balaban J connectivity index is 2.79. The number of nitrogens with one attached hydrogen (secondary N) is 4. The molecule has 0 aromatic rings. The predicted molar refractivity (Wildman–Crippen MR) is 82.1 cm³/mol. The van der Waals surface area contributed by atoms with Gasteiger partial charge in [0.05, 0.1) is 0 Å². The van der Waals surface area contributed by atoms with E-state index in [0.717, 1.165) is 0 Å².